The first-order valence-electron chi connectivity index (χ1n) is 8.58. The number of hydrogen-bond donors (Lipinski definition) is 1. The molecule has 0 saturated carbocycles. The summed E-state index contributed by atoms with van der Waals surface area (Å²) in [7, 11) is 0. The number of aliphatic hydroxyl groups excluding tert-OH is 1. The highest BCUT2D eigenvalue weighted by molar-refractivity contribution is 5.13. The molecule has 1 rings (SSSR count). The third-order valence-electron chi connectivity index (χ3n) is 3.59. The van der Waals surface area contributed by atoms with Gasteiger partial charge in [-0.05, 0) is 24.8 Å². The van der Waals surface area contributed by atoms with Gasteiger partial charge in [0.1, 0.15) is 0 Å². The molecule has 1 atom stereocenters. The predicted octanol–water partition coefficient (Wildman–Crippen LogP) is 4.71. The second kappa shape index (κ2) is 13.4. The van der Waals surface area contributed by atoms with Crippen LogP contribution in [0.4, 0.5) is 0 Å². The first-order valence-corrected chi connectivity index (χ1v) is 8.58. The van der Waals surface area contributed by atoms with E-state index in [9.17, 15) is 5.11 Å². The fourth-order valence-corrected chi connectivity index (χ4v) is 2.18. The molecule has 0 aliphatic heterocycles. The molecule has 0 heterocycles. The number of ether oxygens (including phenoxy) is 1. The fraction of sp³-hybridized carbons (Fsp3) is 0.600. The molecular weight excluding hydrogens is 272 g/mol. The van der Waals surface area contributed by atoms with Gasteiger partial charge in [-0.2, -0.15) is 0 Å². The minimum atomic E-state index is -0.301. The molecule has 0 spiro atoms. The van der Waals surface area contributed by atoms with Crippen molar-refractivity contribution in [1.29, 1.82) is 0 Å². The summed E-state index contributed by atoms with van der Waals surface area (Å²) >= 11 is 0. The van der Waals surface area contributed by atoms with E-state index in [0.717, 1.165) is 19.3 Å². The van der Waals surface area contributed by atoms with Crippen molar-refractivity contribution in [3.63, 3.8) is 0 Å². The van der Waals surface area contributed by atoms with Gasteiger partial charge in [0.05, 0.1) is 12.7 Å². The number of benzene rings is 1. The highest BCUT2D eigenvalue weighted by atomic mass is 16.5. The van der Waals surface area contributed by atoms with Crippen LogP contribution in [0.1, 0.15) is 63.9 Å². The van der Waals surface area contributed by atoms with Crippen LogP contribution in [-0.4, -0.2) is 17.8 Å². The molecule has 0 bridgehead atoms. The summed E-state index contributed by atoms with van der Waals surface area (Å²) < 4.78 is 5.58. The van der Waals surface area contributed by atoms with Gasteiger partial charge < -0.3 is 9.84 Å². The Morgan fingerprint density at radius 3 is 2.55 bits per heavy atom. The maximum atomic E-state index is 9.87. The predicted molar refractivity (Wildman–Crippen MR) is 92.5 cm³/mol. The Balaban J connectivity index is 1.95. The molecule has 1 N–H and O–H groups in total. The molecule has 1 aromatic rings. The summed E-state index contributed by atoms with van der Waals surface area (Å²) in [4.78, 5) is 0. The maximum absolute atomic E-state index is 9.87. The average Bonchev–Trinajstić information content (AvgIpc) is 2.55. The van der Waals surface area contributed by atoms with Crippen molar-refractivity contribution in [2.24, 2.45) is 0 Å². The normalized spacial score (nSPS) is 11.7. The third kappa shape index (κ3) is 10.4. The van der Waals surface area contributed by atoms with E-state index >= 15 is 0 Å². The van der Waals surface area contributed by atoms with Crippen LogP contribution in [0.2, 0.25) is 0 Å². The van der Waals surface area contributed by atoms with Crippen LogP contribution in [0.15, 0.2) is 30.3 Å². The van der Waals surface area contributed by atoms with E-state index in [1.54, 1.807) is 0 Å². The second-order valence-corrected chi connectivity index (χ2v) is 5.68. The van der Waals surface area contributed by atoms with Gasteiger partial charge in [0.2, 0.25) is 0 Å². The van der Waals surface area contributed by atoms with Gasteiger partial charge >= 0.3 is 0 Å². The number of rotatable bonds is 11. The molecular formula is C20H30O2. The van der Waals surface area contributed by atoms with Crippen LogP contribution in [0.3, 0.4) is 0 Å². The molecule has 2 heteroatoms. The average molecular weight is 302 g/mol. The summed E-state index contributed by atoms with van der Waals surface area (Å²) in [6.45, 7) is 3.43. The largest absolute Gasteiger partial charge is 0.393 e. The Morgan fingerprint density at radius 1 is 1.00 bits per heavy atom. The SMILES string of the molecule is CCCCCCC#CCCC(O)CCOCc1ccccc1. The molecule has 0 saturated heterocycles. The van der Waals surface area contributed by atoms with Crippen LogP contribution in [0.5, 0.6) is 0 Å². The lowest BCUT2D eigenvalue weighted by molar-refractivity contribution is 0.0707. The van der Waals surface area contributed by atoms with Crippen LogP contribution in [-0.2, 0) is 11.3 Å². The van der Waals surface area contributed by atoms with Crippen molar-refractivity contribution >= 4 is 0 Å². The van der Waals surface area contributed by atoms with Crippen molar-refractivity contribution in [2.45, 2.75) is 71.0 Å². The Morgan fingerprint density at radius 2 is 1.77 bits per heavy atom. The van der Waals surface area contributed by atoms with E-state index in [1.807, 2.05) is 30.3 Å². The maximum Gasteiger partial charge on any atom is 0.0716 e. The van der Waals surface area contributed by atoms with Crippen LogP contribution in [0, 0.1) is 11.8 Å². The van der Waals surface area contributed by atoms with Gasteiger partial charge in [-0.3, -0.25) is 0 Å². The quantitative estimate of drug-likeness (QED) is 0.474. The minimum absolute atomic E-state index is 0.301. The molecule has 0 aromatic heterocycles. The third-order valence-corrected chi connectivity index (χ3v) is 3.59. The Kier molecular flexibility index (Phi) is 11.4. The summed E-state index contributed by atoms with van der Waals surface area (Å²) in [6, 6.07) is 10.1. The fourth-order valence-electron chi connectivity index (χ4n) is 2.18. The summed E-state index contributed by atoms with van der Waals surface area (Å²) in [5.41, 5.74) is 1.17. The highest BCUT2D eigenvalue weighted by Gasteiger charge is 2.02. The summed E-state index contributed by atoms with van der Waals surface area (Å²) in [6.07, 6.45) is 7.98. The van der Waals surface area contributed by atoms with Gasteiger partial charge in [0.15, 0.2) is 0 Å². The Labute approximate surface area is 135 Å². The summed E-state index contributed by atoms with van der Waals surface area (Å²) in [5, 5.41) is 9.87. The first kappa shape index (κ1) is 18.7. The van der Waals surface area contributed by atoms with Crippen molar-refractivity contribution in [1.82, 2.24) is 0 Å². The van der Waals surface area contributed by atoms with Gasteiger partial charge in [-0.25, -0.2) is 0 Å². The van der Waals surface area contributed by atoms with Crippen LogP contribution in [0.25, 0.3) is 0 Å². The van der Waals surface area contributed by atoms with Crippen LogP contribution >= 0.6 is 0 Å². The van der Waals surface area contributed by atoms with Gasteiger partial charge in [-0.1, -0.05) is 56.5 Å². The van der Waals surface area contributed by atoms with Crippen molar-refractivity contribution in [3.8, 4) is 11.8 Å². The number of unbranched alkanes of at least 4 members (excludes halogenated alkanes) is 4. The van der Waals surface area contributed by atoms with Crippen molar-refractivity contribution in [3.05, 3.63) is 35.9 Å². The molecule has 0 fully saturated rings. The van der Waals surface area contributed by atoms with Gasteiger partial charge in [0, 0.05) is 19.4 Å². The second-order valence-electron chi connectivity index (χ2n) is 5.68. The number of aliphatic hydroxyl groups is 1. The van der Waals surface area contributed by atoms with E-state index in [-0.39, 0.29) is 6.10 Å². The van der Waals surface area contributed by atoms with E-state index < -0.39 is 0 Å². The molecule has 1 unspecified atom stereocenters. The molecule has 22 heavy (non-hydrogen) atoms. The molecule has 0 aliphatic rings. The Bertz CT molecular complexity index is 416. The standard InChI is InChI=1S/C20H30O2/c1-2-3-4-5-6-7-8-12-15-20(21)16-17-22-18-19-13-10-9-11-14-19/h9-11,13-14,20-21H,2-6,12,15-18H2,1H3. The Hall–Kier alpha value is -1.30. The van der Waals surface area contributed by atoms with E-state index in [1.165, 1.54) is 31.2 Å². The lowest BCUT2D eigenvalue weighted by Gasteiger charge is -2.09. The minimum Gasteiger partial charge on any atom is -0.393 e. The monoisotopic (exact) mass is 302 g/mol. The van der Waals surface area contributed by atoms with Crippen molar-refractivity contribution in [2.75, 3.05) is 6.61 Å². The van der Waals surface area contributed by atoms with Gasteiger partial charge in [0.25, 0.3) is 0 Å². The molecule has 0 radical (unpaired) electrons. The van der Waals surface area contributed by atoms with E-state index in [4.69, 9.17) is 4.74 Å². The van der Waals surface area contributed by atoms with E-state index in [2.05, 4.69) is 18.8 Å². The zero-order chi connectivity index (χ0) is 15.9. The molecule has 0 aliphatic carbocycles. The topological polar surface area (TPSA) is 29.5 Å². The molecule has 0 amide bonds. The highest BCUT2D eigenvalue weighted by Crippen LogP contribution is 2.05. The molecule has 2 nitrogen and oxygen atoms in total. The smallest absolute Gasteiger partial charge is 0.0716 e. The summed E-state index contributed by atoms with van der Waals surface area (Å²) in [5.74, 6) is 6.35. The first-order chi connectivity index (χ1) is 10.8. The van der Waals surface area contributed by atoms with Gasteiger partial charge in [-0.15, -0.1) is 11.8 Å². The van der Waals surface area contributed by atoms with Crippen molar-refractivity contribution < 1.29 is 9.84 Å². The van der Waals surface area contributed by atoms with E-state index in [0.29, 0.717) is 19.6 Å². The van der Waals surface area contributed by atoms with Crippen LogP contribution < -0.4 is 0 Å². The lowest BCUT2D eigenvalue weighted by Crippen LogP contribution is -2.10. The molecule has 122 valence electrons. The number of hydrogen-bond acceptors (Lipinski definition) is 2. The lowest BCUT2D eigenvalue weighted by atomic mass is 10.1. The molecule has 1 aromatic carbocycles. The zero-order valence-corrected chi connectivity index (χ0v) is 13.9. The zero-order valence-electron chi connectivity index (χ0n) is 13.9.